The van der Waals surface area contributed by atoms with Gasteiger partial charge in [-0.3, -0.25) is 4.90 Å². The third-order valence-electron chi connectivity index (χ3n) is 2.11. The van der Waals surface area contributed by atoms with E-state index in [4.69, 9.17) is 0 Å². The van der Waals surface area contributed by atoms with Gasteiger partial charge in [-0.15, -0.1) is 0 Å². The van der Waals surface area contributed by atoms with Crippen molar-refractivity contribution in [1.82, 2.24) is 4.90 Å². The van der Waals surface area contributed by atoms with Crippen molar-refractivity contribution in [2.45, 2.75) is 45.8 Å². The molecule has 90 valence electrons. The zero-order valence-electron chi connectivity index (χ0n) is 9.69. The van der Waals surface area contributed by atoms with E-state index in [0.29, 0.717) is 13.1 Å². The average Bonchev–Trinajstić information content (AvgIpc) is 1.99. The molecule has 0 atom stereocenters. The van der Waals surface area contributed by atoms with Crippen LogP contribution in [0, 0.1) is 0 Å². The van der Waals surface area contributed by atoms with Crippen LogP contribution in [0.4, 0.5) is 13.2 Å². The highest BCUT2D eigenvalue weighted by molar-refractivity contribution is 4.92. The molecular weight excluding hydrogens is 203 g/mol. The zero-order chi connectivity index (χ0) is 12.1. The predicted octanol–water partition coefficient (Wildman–Crippen LogP) is 3.62. The van der Waals surface area contributed by atoms with E-state index in [1.165, 1.54) is 0 Å². The smallest absolute Gasteiger partial charge is 0.297 e. The first-order chi connectivity index (χ1) is 6.72. The third-order valence-corrected chi connectivity index (χ3v) is 2.11. The molecule has 0 fully saturated rings. The first kappa shape index (κ1) is 14.5. The summed E-state index contributed by atoms with van der Waals surface area (Å²) in [5.41, 5.74) is 0.982. The molecule has 0 aromatic carbocycles. The van der Waals surface area contributed by atoms with Crippen LogP contribution in [0.25, 0.3) is 0 Å². The summed E-state index contributed by atoms with van der Waals surface area (Å²) < 4.78 is 35.8. The van der Waals surface area contributed by atoms with Gasteiger partial charge in [0.05, 0.1) is 0 Å². The van der Waals surface area contributed by atoms with Crippen LogP contribution in [-0.4, -0.2) is 30.2 Å². The lowest BCUT2D eigenvalue weighted by Gasteiger charge is -2.26. The van der Waals surface area contributed by atoms with E-state index < -0.39 is 12.6 Å². The lowest BCUT2D eigenvalue weighted by atomic mass is 10.2. The number of alkyl halides is 3. The zero-order valence-corrected chi connectivity index (χ0v) is 9.69. The average molecular weight is 223 g/mol. The minimum absolute atomic E-state index is 0.162. The lowest BCUT2D eigenvalue weighted by Crippen LogP contribution is -2.33. The molecule has 0 aromatic rings. The van der Waals surface area contributed by atoms with Gasteiger partial charge in [-0.25, -0.2) is 0 Å². The van der Waals surface area contributed by atoms with E-state index in [-0.39, 0.29) is 12.5 Å². The summed E-state index contributed by atoms with van der Waals surface area (Å²) in [5.74, 6) is 0. The van der Waals surface area contributed by atoms with Crippen LogP contribution in [0.5, 0.6) is 0 Å². The normalized spacial score (nSPS) is 12.5. The first-order valence-corrected chi connectivity index (χ1v) is 5.17. The van der Waals surface area contributed by atoms with Crippen LogP contribution in [0.2, 0.25) is 0 Å². The van der Waals surface area contributed by atoms with E-state index in [1.54, 1.807) is 0 Å². The van der Waals surface area contributed by atoms with Gasteiger partial charge in [-0.1, -0.05) is 12.2 Å². The maximum absolute atomic E-state index is 11.9. The van der Waals surface area contributed by atoms with Crippen molar-refractivity contribution in [2.24, 2.45) is 0 Å². The minimum atomic E-state index is -4.04. The molecule has 0 rings (SSSR count). The number of hydrogen-bond donors (Lipinski definition) is 0. The highest BCUT2D eigenvalue weighted by atomic mass is 19.4. The molecule has 0 amide bonds. The molecule has 0 unspecified atom stereocenters. The fourth-order valence-electron chi connectivity index (χ4n) is 1.35. The summed E-state index contributed by atoms with van der Waals surface area (Å²) in [6.45, 7) is 10.8. The molecule has 0 aliphatic heterocycles. The fourth-order valence-corrected chi connectivity index (χ4v) is 1.35. The number of nitrogens with zero attached hydrogens (tertiary/aromatic N) is 1. The Balaban J connectivity index is 3.92. The monoisotopic (exact) mass is 223 g/mol. The largest absolute Gasteiger partial charge is 0.389 e. The molecule has 15 heavy (non-hydrogen) atoms. The molecule has 0 saturated carbocycles. The molecule has 0 aliphatic carbocycles. The second-order valence-electron chi connectivity index (χ2n) is 4.24. The maximum atomic E-state index is 11.9. The molecule has 1 nitrogen and oxygen atoms in total. The van der Waals surface area contributed by atoms with Crippen LogP contribution in [0.1, 0.15) is 33.6 Å². The Hall–Kier alpha value is -0.510. The summed E-state index contributed by atoms with van der Waals surface area (Å²) in [5, 5.41) is 0. The highest BCUT2D eigenvalue weighted by Gasteiger charge is 2.26. The van der Waals surface area contributed by atoms with Crippen molar-refractivity contribution < 1.29 is 13.2 Å². The molecular formula is C11H20F3N. The molecule has 4 heteroatoms. The Labute approximate surface area is 90.0 Å². The maximum Gasteiger partial charge on any atom is 0.389 e. The molecule has 0 aromatic heterocycles. The Bertz CT molecular complexity index is 196. The highest BCUT2D eigenvalue weighted by Crippen LogP contribution is 2.21. The van der Waals surface area contributed by atoms with Crippen LogP contribution in [0.3, 0.4) is 0 Å². The van der Waals surface area contributed by atoms with E-state index in [2.05, 4.69) is 6.58 Å². The van der Waals surface area contributed by atoms with Gasteiger partial charge in [-0.2, -0.15) is 13.2 Å². The van der Waals surface area contributed by atoms with Gasteiger partial charge in [-0.05, 0) is 33.7 Å². The van der Waals surface area contributed by atoms with Gasteiger partial charge < -0.3 is 0 Å². The SMILES string of the molecule is C=C(C)CN(CCCC(F)(F)F)C(C)C. The van der Waals surface area contributed by atoms with Crippen molar-refractivity contribution in [1.29, 1.82) is 0 Å². The third kappa shape index (κ3) is 8.48. The van der Waals surface area contributed by atoms with E-state index in [9.17, 15) is 13.2 Å². The molecule has 0 spiro atoms. The topological polar surface area (TPSA) is 3.24 Å². The van der Waals surface area contributed by atoms with Crippen LogP contribution >= 0.6 is 0 Å². The predicted molar refractivity (Wildman–Crippen MR) is 56.8 cm³/mol. The van der Waals surface area contributed by atoms with E-state index >= 15 is 0 Å². The van der Waals surface area contributed by atoms with Crippen molar-refractivity contribution in [3.05, 3.63) is 12.2 Å². The summed E-state index contributed by atoms with van der Waals surface area (Å²) in [6.07, 6.45) is -4.58. The number of halogens is 3. The molecule has 0 aliphatic rings. The Kier molecular flexibility index (Phi) is 5.95. The van der Waals surface area contributed by atoms with Crippen LogP contribution in [0.15, 0.2) is 12.2 Å². The second kappa shape index (κ2) is 6.16. The van der Waals surface area contributed by atoms with Gasteiger partial charge in [0.25, 0.3) is 0 Å². The Morgan fingerprint density at radius 3 is 2.20 bits per heavy atom. The van der Waals surface area contributed by atoms with Crippen LogP contribution in [-0.2, 0) is 0 Å². The molecule has 0 heterocycles. The van der Waals surface area contributed by atoms with Crippen molar-refractivity contribution in [3.63, 3.8) is 0 Å². The summed E-state index contributed by atoms with van der Waals surface area (Å²) in [6, 6.07) is 0.259. The molecule has 0 N–H and O–H groups in total. The van der Waals surface area contributed by atoms with Gasteiger partial charge >= 0.3 is 6.18 Å². The Morgan fingerprint density at radius 2 is 1.87 bits per heavy atom. The summed E-state index contributed by atoms with van der Waals surface area (Å²) in [4.78, 5) is 2.01. The molecule has 0 bridgehead atoms. The van der Waals surface area contributed by atoms with Gasteiger partial charge in [0.2, 0.25) is 0 Å². The van der Waals surface area contributed by atoms with Crippen molar-refractivity contribution in [2.75, 3.05) is 13.1 Å². The Morgan fingerprint density at radius 1 is 1.33 bits per heavy atom. The van der Waals surface area contributed by atoms with Gasteiger partial charge in [0, 0.05) is 19.0 Å². The number of rotatable bonds is 6. The second-order valence-corrected chi connectivity index (χ2v) is 4.24. The van der Waals surface area contributed by atoms with Crippen molar-refractivity contribution >= 4 is 0 Å². The summed E-state index contributed by atoms with van der Waals surface area (Å²) >= 11 is 0. The molecule has 0 radical (unpaired) electrons. The van der Waals surface area contributed by atoms with Gasteiger partial charge in [0.15, 0.2) is 0 Å². The summed E-state index contributed by atoms with van der Waals surface area (Å²) in [7, 11) is 0. The standard InChI is InChI=1S/C11H20F3N/c1-9(2)8-15(10(3)4)7-5-6-11(12,13)14/h10H,1,5-8H2,2-4H3. The molecule has 0 saturated heterocycles. The van der Waals surface area contributed by atoms with Crippen LogP contribution < -0.4 is 0 Å². The first-order valence-electron chi connectivity index (χ1n) is 5.17. The van der Waals surface area contributed by atoms with E-state index in [0.717, 1.165) is 5.57 Å². The number of hydrogen-bond acceptors (Lipinski definition) is 1. The lowest BCUT2D eigenvalue weighted by molar-refractivity contribution is -0.136. The van der Waals surface area contributed by atoms with E-state index in [1.807, 2.05) is 25.7 Å². The van der Waals surface area contributed by atoms with Gasteiger partial charge in [0.1, 0.15) is 0 Å². The minimum Gasteiger partial charge on any atom is -0.297 e. The quantitative estimate of drug-likeness (QED) is 0.622. The fraction of sp³-hybridized carbons (Fsp3) is 0.818. The van der Waals surface area contributed by atoms with Crippen molar-refractivity contribution in [3.8, 4) is 0 Å².